The van der Waals surface area contributed by atoms with E-state index in [0.717, 1.165) is 12.3 Å². The Morgan fingerprint density at radius 1 is 1.12 bits per heavy atom. The first-order valence-corrected chi connectivity index (χ1v) is 9.02. The Morgan fingerprint density at radius 3 is 2.50 bits per heavy atom. The van der Waals surface area contributed by atoms with E-state index in [1.165, 1.54) is 37.0 Å². The number of anilines is 1. The van der Waals surface area contributed by atoms with Gasteiger partial charge in [-0.2, -0.15) is 0 Å². The van der Waals surface area contributed by atoms with Crippen molar-refractivity contribution < 1.29 is 14.3 Å². The minimum atomic E-state index is -0.383. The van der Waals surface area contributed by atoms with E-state index in [1.807, 2.05) is 6.92 Å². The van der Waals surface area contributed by atoms with Crippen LogP contribution in [0.25, 0.3) is 0 Å². The molecule has 1 unspecified atom stereocenters. The van der Waals surface area contributed by atoms with Crippen molar-refractivity contribution in [2.45, 2.75) is 51.5 Å². The number of rotatable bonds is 6. The fraction of sp³-hybridized carbons (Fsp3) is 0.579. The Labute approximate surface area is 143 Å². The third-order valence-corrected chi connectivity index (χ3v) is 4.93. The molecule has 1 aromatic carbocycles. The summed E-state index contributed by atoms with van der Waals surface area (Å²) in [5, 5.41) is 3.33. The number of benzene rings is 1. The quantitative estimate of drug-likeness (QED) is 0.815. The fourth-order valence-electron chi connectivity index (χ4n) is 3.62. The first kappa shape index (κ1) is 17.0. The Kier molecular flexibility index (Phi) is 5.51. The number of ether oxygens (including phenoxy) is 1. The molecule has 5 heteroatoms. The summed E-state index contributed by atoms with van der Waals surface area (Å²) in [6.07, 6.45) is 6.58. The molecule has 2 fully saturated rings. The largest absolute Gasteiger partial charge is 0.494 e. The predicted molar refractivity (Wildman–Crippen MR) is 93.1 cm³/mol. The molecule has 1 aromatic rings. The van der Waals surface area contributed by atoms with E-state index in [0.29, 0.717) is 18.2 Å². The molecule has 2 amide bonds. The second kappa shape index (κ2) is 7.79. The summed E-state index contributed by atoms with van der Waals surface area (Å²) in [6.45, 7) is 3.35. The van der Waals surface area contributed by atoms with Crippen LogP contribution in [0.1, 0.15) is 45.4 Å². The fourth-order valence-corrected chi connectivity index (χ4v) is 3.62. The molecule has 0 aromatic heterocycles. The van der Waals surface area contributed by atoms with Crippen LogP contribution in [0.4, 0.5) is 5.69 Å². The maximum absolute atomic E-state index is 12.6. The van der Waals surface area contributed by atoms with Gasteiger partial charge in [-0.3, -0.25) is 9.59 Å². The highest BCUT2D eigenvalue weighted by molar-refractivity contribution is 6.22. The van der Waals surface area contributed by atoms with Gasteiger partial charge < -0.3 is 10.1 Å². The van der Waals surface area contributed by atoms with Gasteiger partial charge in [0.1, 0.15) is 5.75 Å². The summed E-state index contributed by atoms with van der Waals surface area (Å²) >= 11 is 0. The van der Waals surface area contributed by atoms with Crippen molar-refractivity contribution in [2.24, 2.45) is 5.92 Å². The predicted octanol–water partition coefficient (Wildman–Crippen LogP) is 2.89. The van der Waals surface area contributed by atoms with E-state index in [9.17, 15) is 9.59 Å². The van der Waals surface area contributed by atoms with Gasteiger partial charge in [-0.25, -0.2) is 4.90 Å². The first-order valence-electron chi connectivity index (χ1n) is 9.02. The highest BCUT2D eigenvalue weighted by Crippen LogP contribution is 2.26. The second-order valence-electron chi connectivity index (χ2n) is 6.66. The number of imide groups is 1. The molecule has 1 atom stereocenters. The molecular weight excluding hydrogens is 304 g/mol. The number of nitrogens with zero attached hydrogens (tertiary/aromatic N) is 1. The molecule has 2 aliphatic rings. The van der Waals surface area contributed by atoms with Crippen LogP contribution in [0, 0.1) is 5.92 Å². The average molecular weight is 330 g/mol. The SMILES string of the molecule is CCOc1ccc(N2C(=O)CC(NCC3CCCCC3)C2=O)cc1. The monoisotopic (exact) mass is 330 g/mol. The van der Waals surface area contributed by atoms with Crippen LogP contribution in [-0.4, -0.2) is 31.0 Å². The number of hydrogen-bond acceptors (Lipinski definition) is 4. The number of nitrogens with one attached hydrogen (secondary N) is 1. The van der Waals surface area contributed by atoms with Gasteiger partial charge in [0.05, 0.1) is 24.8 Å². The van der Waals surface area contributed by atoms with Crippen molar-refractivity contribution in [3.8, 4) is 5.75 Å². The molecule has 0 radical (unpaired) electrons. The summed E-state index contributed by atoms with van der Waals surface area (Å²) < 4.78 is 5.40. The molecule has 1 saturated carbocycles. The Hall–Kier alpha value is -1.88. The normalized spacial score (nSPS) is 22.2. The van der Waals surface area contributed by atoms with Crippen molar-refractivity contribution in [1.29, 1.82) is 0 Å². The number of carbonyl (C=O) groups excluding carboxylic acids is 2. The summed E-state index contributed by atoms with van der Waals surface area (Å²) in [4.78, 5) is 26.2. The van der Waals surface area contributed by atoms with Gasteiger partial charge in [0.2, 0.25) is 5.91 Å². The lowest BCUT2D eigenvalue weighted by atomic mass is 9.89. The second-order valence-corrected chi connectivity index (χ2v) is 6.66. The minimum absolute atomic E-state index is 0.134. The Bertz CT molecular complexity index is 579. The molecule has 1 aliphatic heterocycles. The molecule has 3 rings (SSSR count). The highest BCUT2D eigenvalue weighted by atomic mass is 16.5. The van der Waals surface area contributed by atoms with Crippen LogP contribution in [0.3, 0.4) is 0 Å². The summed E-state index contributed by atoms with van der Waals surface area (Å²) in [5.41, 5.74) is 0.621. The van der Waals surface area contributed by atoms with Crippen LogP contribution in [-0.2, 0) is 9.59 Å². The Balaban J connectivity index is 1.60. The maximum atomic E-state index is 12.6. The van der Waals surface area contributed by atoms with E-state index >= 15 is 0 Å². The molecule has 1 N–H and O–H groups in total. The van der Waals surface area contributed by atoms with Crippen molar-refractivity contribution in [1.82, 2.24) is 5.32 Å². The van der Waals surface area contributed by atoms with Gasteiger partial charge in [0.25, 0.3) is 5.91 Å². The highest BCUT2D eigenvalue weighted by Gasteiger charge is 2.39. The maximum Gasteiger partial charge on any atom is 0.251 e. The van der Waals surface area contributed by atoms with E-state index in [2.05, 4.69) is 5.32 Å². The lowest BCUT2D eigenvalue weighted by Gasteiger charge is -2.23. The molecule has 0 bridgehead atoms. The number of amides is 2. The molecule has 5 nitrogen and oxygen atoms in total. The first-order chi connectivity index (χ1) is 11.7. The van der Waals surface area contributed by atoms with Crippen LogP contribution in [0.2, 0.25) is 0 Å². The van der Waals surface area contributed by atoms with Gasteiger partial charge in [0.15, 0.2) is 0 Å². The van der Waals surface area contributed by atoms with Crippen LogP contribution >= 0.6 is 0 Å². The standard InChI is InChI=1S/C19H26N2O3/c1-2-24-16-10-8-15(9-11-16)21-18(22)12-17(19(21)23)20-13-14-6-4-3-5-7-14/h8-11,14,17,20H,2-7,12-13H2,1H3. The zero-order valence-corrected chi connectivity index (χ0v) is 14.3. The van der Waals surface area contributed by atoms with Crippen LogP contribution in [0.15, 0.2) is 24.3 Å². The van der Waals surface area contributed by atoms with E-state index in [4.69, 9.17) is 4.74 Å². The van der Waals surface area contributed by atoms with Gasteiger partial charge in [-0.05, 0) is 56.5 Å². The number of hydrogen-bond donors (Lipinski definition) is 1. The molecule has 24 heavy (non-hydrogen) atoms. The third kappa shape index (κ3) is 3.78. The molecule has 0 spiro atoms. The van der Waals surface area contributed by atoms with Gasteiger partial charge in [-0.1, -0.05) is 19.3 Å². The van der Waals surface area contributed by atoms with E-state index in [1.54, 1.807) is 24.3 Å². The lowest BCUT2D eigenvalue weighted by Crippen LogP contribution is -2.41. The zero-order chi connectivity index (χ0) is 16.9. The van der Waals surface area contributed by atoms with Crippen molar-refractivity contribution in [3.05, 3.63) is 24.3 Å². The van der Waals surface area contributed by atoms with Crippen molar-refractivity contribution in [3.63, 3.8) is 0 Å². The van der Waals surface area contributed by atoms with Crippen LogP contribution in [0.5, 0.6) is 5.75 Å². The topological polar surface area (TPSA) is 58.6 Å². The van der Waals surface area contributed by atoms with Gasteiger partial charge in [-0.15, -0.1) is 0 Å². The molecule has 1 saturated heterocycles. The Morgan fingerprint density at radius 2 is 1.83 bits per heavy atom. The number of carbonyl (C=O) groups is 2. The van der Waals surface area contributed by atoms with Crippen LogP contribution < -0.4 is 15.0 Å². The van der Waals surface area contributed by atoms with Gasteiger partial charge >= 0.3 is 0 Å². The molecular formula is C19H26N2O3. The van der Waals surface area contributed by atoms with Crippen molar-refractivity contribution in [2.75, 3.05) is 18.1 Å². The summed E-state index contributed by atoms with van der Waals surface area (Å²) in [7, 11) is 0. The molecule has 1 aliphatic carbocycles. The molecule has 130 valence electrons. The summed E-state index contributed by atoms with van der Waals surface area (Å²) in [5.74, 6) is 1.11. The van der Waals surface area contributed by atoms with E-state index in [-0.39, 0.29) is 24.3 Å². The smallest absolute Gasteiger partial charge is 0.251 e. The lowest BCUT2D eigenvalue weighted by molar-refractivity contribution is -0.121. The zero-order valence-electron chi connectivity index (χ0n) is 14.3. The van der Waals surface area contributed by atoms with Gasteiger partial charge in [0, 0.05) is 0 Å². The molecule has 1 heterocycles. The van der Waals surface area contributed by atoms with Crippen molar-refractivity contribution >= 4 is 17.5 Å². The average Bonchev–Trinajstić information content (AvgIpc) is 2.89. The minimum Gasteiger partial charge on any atom is -0.494 e. The third-order valence-electron chi connectivity index (χ3n) is 4.93. The summed E-state index contributed by atoms with van der Waals surface area (Å²) in [6, 6.07) is 6.74. The van der Waals surface area contributed by atoms with E-state index < -0.39 is 0 Å².